The summed E-state index contributed by atoms with van der Waals surface area (Å²) in [5.41, 5.74) is -0.795. The molecule has 3 fully saturated rings. The molecule has 1 heterocycles. The summed E-state index contributed by atoms with van der Waals surface area (Å²) in [5, 5.41) is 32.7. The van der Waals surface area contributed by atoms with Gasteiger partial charge in [-0.1, -0.05) is 19.4 Å². The molecule has 180 valence electrons. The fourth-order valence-corrected chi connectivity index (χ4v) is 8.44. The summed E-state index contributed by atoms with van der Waals surface area (Å²) < 4.78 is 6.13. The number of carboxylic acid groups (broad SMARTS) is 1. The molecule has 6 nitrogen and oxygen atoms in total. The van der Waals surface area contributed by atoms with E-state index in [1.165, 1.54) is 0 Å². The highest BCUT2D eigenvalue weighted by Gasteiger charge is 2.68. The lowest BCUT2D eigenvalue weighted by atomic mass is 9.43. The molecule has 6 heteroatoms. The van der Waals surface area contributed by atoms with Crippen molar-refractivity contribution in [2.24, 2.45) is 28.6 Å². The number of carbonyl (C=O) groups is 2. The number of allylic oxidation sites excluding steroid dienone is 1. The van der Waals surface area contributed by atoms with Crippen molar-refractivity contribution in [1.82, 2.24) is 0 Å². The maximum Gasteiger partial charge on any atom is 0.303 e. The highest BCUT2D eigenvalue weighted by atomic mass is 16.4. The van der Waals surface area contributed by atoms with Gasteiger partial charge in [-0.15, -0.1) is 0 Å². The Labute approximate surface area is 195 Å². The van der Waals surface area contributed by atoms with Crippen molar-refractivity contribution in [3.63, 3.8) is 0 Å². The lowest BCUT2D eigenvalue weighted by Crippen LogP contribution is -2.61. The molecule has 1 aromatic heterocycles. The Morgan fingerprint density at radius 1 is 1.24 bits per heavy atom. The zero-order valence-electron chi connectivity index (χ0n) is 19.8. The van der Waals surface area contributed by atoms with Crippen LogP contribution < -0.4 is 0 Å². The van der Waals surface area contributed by atoms with Gasteiger partial charge in [-0.05, 0) is 86.8 Å². The average Bonchev–Trinajstić information content (AvgIpc) is 3.27. The van der Waals surface area contributed by atoms with Crippen molar-refractivity contribution in [2.75, 3.05) is 0 Å². The molecule has 4 aliphatic rings. The number of aliphatic hydroxyl groups excluding tert-OH is 1. The largest absolute Gasteiger partial charge is 0.481 e. The Hall–Kier alpha value is -1.92. The van der Waals surface area contributed by atoms with Gasteiger partial charge >= 0.3 is 5.97 Å². The van der Waals surface area contributed by atoms with Gasteiger partial charge in [-0.25, -0.2) is 0 Å². The number of hydrogen-bond donors (Lipinski definition) is 3. The van der Waals surface area contributed by atoms with Gasteiger partial charge in [0.25, 0.3) is 0 Å². The second-order valence-corrected chi connectivity index (χ2v) is 11.7. The number of rotatable bonds is 4. The molecule has 0 saturated heterocycles. The number of ketones is 1. The van der Waals surface area contributed by atoms with Crippen LogP contribution in [-0.4, -0.2) is 38.8 Å². The lowest BCUT2D eigenvalue weighted by Gasteiger charge is -2.62. The summed E-state index contributed by atoms with van der Waals surface area (Å²) in [4.78, 5) is 23.7. The van der Waals surface area contributed by atoms with E-state index in [1.54, 1.807) is 0 Å². The minimum absolute atomic E-state index is 0.0232. The van der Waals surface area contributed by atoms with Crippen LogP contribution in [0.25, 0.3) is 0 Å². The van der Waals surface area contributed by atoms with E-state index < -0.39 is 23.1 Å². The summed E-state index contributed by atoms with van der Waals surface area (Å²) in [6.07, 6.45) is 5.12. The molecule has 3 saturated carbocycles. The molecule has 0 aliphatic heterocycles. The van der Waals surface area contributed by atoms with Crippen LogP contribution in [0, 0.1) is 35.5 Å². The van der Waals surface area contributed by atoms with E-state index in [2.05, 4.69) is 13.8 Å². The Morgan fingerprint density at radius 2 is 2.00 bits per heavy atom. The summed E-state index contributed by atoms with van der Waals surface area (Å²) in [6.45, 7) is 6.20. The first-order chi connectivity index (χ1) is 15.5. The van der Waals surface area contributed by atoms with Gasteiger partial charge < -0.3 is 19.7 Å². The number of hydrogen-bond acceptors (Lipinski definition) is 5. The molecular weight excluding hydrogens is 420 g/mol. The zero-order chi connectivity index (χ0) is 23.8. The van der Waals surface area contributed by atoms with Crippen molar-refractivity contribution in [3.8, 4) is 0 Å². The van der Waals surface area contributed by atoms with Crippen LogP contribution in [0.1, 0.15) is 82.7 Å². The zero-order valence-corrected chi connectivity index (χ0v) is 19.8. The van der Waals surface area contributed by atoms with Crippen LogP contribution in [-0.2, 0) is 9.59 Å². The van der Waals surface area contributed by atoms with Crippen LogP contribution in [0.5, 0.6) is 0 Å². The molecule has 33 heavy (non-hydrogen) atoms. The van der Waals surface area contributed by atoms with Gasteiger partial charge in [0.15, 0.2) is 5.78 Å². The SMILES string of the molecule is Cc1ccc(C2CC3=CC(=O)CC[C@]3(C)[C@H]3C(O)C[C@@]4(C)[C@@H](CC[C@]4(O)CCC(=O)O)[C@H]23)o1. The van der Waals surface area contributed by atoms with Crippen LogP contribution >= 0.6 is 0 Å². The molecule has 0 radical (unpaired) electrons. The van der Waals surface area contributed by atoms with E-state index in [4.69, 9.17) is 4.42 Å². The summed E-state index contributed by atoms with van der Waals surface area (Å²) in [6, 6.07) is 3.99. The second kappa shape index (κ2) is 7.54. The predicted octanol–water partition coefficient (Wildman–Crippen LogP) is 4.38. The Kier molecular flexibility index (Phi) is 5.22. The third kappa shape index (κ3) is 3.28. The highest BCUT2D eigenvalue weighted by Crippen LogP contribution is 2.70. The first-order valence-electron chi connectivity index (χ1n) is 12.4. The van der Waals surface area contributed by atoms with E-state index in [0.29, 0.717) is 19.3 Å². The van der Waals surface area contributed by atoms with Gasteiger partial charge in [-0.2, -0.15) is 0 Å². The van der Waals surface area contributed by atoms with Crippen molar-refractivity contribution in [2.45, 2.75) is 89.8 Å². The molecular formula is C27H36O6. The Bertz CT molecular complexity index is 1010. The monoisotopic (exact) mass is 456 g/mol. The molecule has 8 atom stereocenters. The molecule has 4 aliphatic carbocycles. The minimum atomic E-state index is -1.11. The van der Waals surface area contributed by atoms with E-state index >= 15 is 0 Å². The number of aryl methyl sites for hydroxylation is 1. The number of furan rings is 1. The van der Waals surface area contributed by atoms with Crippen LogP contribution in [0.4, 0.5) is 0 Å². The minimum Gasteiger partial charge on any atom is -0.481 e. The van der Waals surface area contributed by atoms with Crippen molar-refractivity contribution in [3.05, 3.63) is 35.3 Å². The number of aliphatic carboxylic acids is 1. The van der Waals surface area contributed by atoms with E-state index in [9.17, 15) is 24.9 Å². The van der Waals surface area contributed by atoms with Crippen LogP contribution in [0.2, 0.25) is 0 Å². The number of aliphatic hydroxyl groups is 2. The molecule has 0 aromatic carbocycles. The molecule has 3 N–H and O–H groups in total. The van der Waals surface area contributed by atoms with E-state index in [-0.39, 0.29) is 47.7 Å². The maximum absolute atomic E-state index is 12.4. The van der Waals surface area contributed by atoms with Gasteiger partial charge in [0, 0.05) is 24.2 Å². The third-order valence-corrected chi connectivity index (χ3v) is 10.2. The van der Waals surface area contributed by atoms with Crippen molar-refractivity contribution >= 4 is 11.8 Å². The average molecular weight is 457 g/mol. The second-order valence-electron chi connectivity index (χ2n) is 11.7. The molecule has 0 bridgehead atoms. The lowest BCUT2D eigenvalue weighted by molar-refractivity contribution is -0.180. The fraction of sp³-hybridized carbons (Fsp3) is 0.704. The third-order valence-electron chi connectivity index (χ3n) is 10.2. The first-order valence-corrected chi connectivity index (χ1v) is 12.4. The van der Waals surface area contributed by atoms with Gasteiger partial charge in [0.1, 0.15) is 11.5 Å². The summed E-state index contributed by atoms with van der Waals surface area (Å²) in [5.74, 6) is 1.23. The Morgan fingerprint density at radius 3 is 2.67 bits per heavy atom. The highest BCUT2D eigenvalue weighted by molar-refractivity contribution is 5.91. The van der Waals surface area contributed by atoms with Crippen LogP contribution in [0.3, 0.4) is 0 Å². The molecule has 5 rings (SSSR count). The fourth-order valence-electron chi connectivity index (χ4n) is 8.44. The first kappa shape index (κ1) is 22.9. The smallest absolute Gasteiger partial charge is 0.303 e. The number of carbonyl (C=O) groups excluding carboxylic acids is 1. The predicted molar refractivity (Wildman–Crippen MR) is 121 cm³/mol. The van der Waals surface area contributed by atoms with Gasteiger partial charge in [-0.3, -0.25) is 9.59 Å². The quantitative estimate of drug-likeness (QED) is 0.621. The topological polar surface area (TPSA) is 108 Å². The van der Waals surface area contributed by atoms with E-state index in [0.717, 1.165) is 36.4 Å². The number of fused-ring (bicyclic) bond motifs is 5. The maximum atomic E-state index is 12.4. The van der Waals surface area contributed by atoms with E-state index in [1.807, 2.05) is 25.1 Å². The van der Waals surface area contributed by atoms with Crippen LogP contribution in [0.15, 0.2) is 28.2 Å². The van der Waals surface area contributed by atoms with Crippen molar-refractivity contribution in [1.29, 1.82) is 0 Å². The van der Waals surface area contributed by atoms with Crippen molar-refractivity contribution < 1.29 is 29.3 Å². The van der Waals surface area contributed by atoms with Gasteiger partial charge in [0.05, 0.1) is 11.7 Å². The molecule has 0 spiro atoms. The standard InChI is InChI=1S/C27H36O6/c1-15-4-5-21(33-15)18-13-16-12-17(28)6-9-25(16,2)24-20(29)14-26(3)19(23(18)24)7-10-27(26,32)11-8-22(30)31/h4-5,12,18-20,23-24,29,32H,6-11,13-14H2,1-3H3,(H,30,31)/t18?,19-,20?,23-,24-,25-,26-,27-/m0/s1. The molecule has 1 aromatic rings. The molecule has 0 amide bonds. The Balaban J connectivity index is 1.61. The summed E-state index contributed by atoms with van der Waals surface area (Å²) in [7, 11) is 0. The normalized spacial score (nSPS) is 44.6. The summed E-state index contributed by atoms with van der Waals surface area (Å²) >= 11 is 0. The molecule has 2 unspecified atom stereocenters. The van der Waals surface area contributed by atoms with Gasteiger partial charge in [0.2, 0.25) is 0 Å². The number of carboxylic acids is 1.